The van der Waals surface area contributed by atoms with Crippen LogP contribution < -0.4 is 9.64 Å². The van der Waals surface area contributed by atoms with Gasteiger partial charge in [-0.3, -0.25) is 9.59 Å². The SMILES string of the molecule is CC(C)C1CC(=O)N(c2ccc(OC(=O)N3CCc4cc(F)ccc4C3)nc2)C(=O)C1. The van der Waals surface area contributed by atoms with Gasteiger partial charge in [0.1, 0.15) is 5.82 Å². The van der Waals surface area contributed by atoms with Crippen molar-refractivity contribution in [3.8, 4) is 5.88 Å². The van der Waals surface area contributed by atoms with E-state index in [0.717, 1.165) is 16.0 Å². The molecule has 0 bridgehead atoms. The summed E-state index contributed by atoms with van der Waals surface area (Å²) in [7, 11) is 0. The first-order chi connectivity index (χ1) is 14.8. The number of benzene rings is 1. The molecule has 0 spiro atoms. The average Bonchev–Trinajstić information content (AvgIpc) is 2.74. The largest absolute Gasteiger partial charge is 0.416 e. The number of amides is 3. The quantitative estimate of drug-likeness (QED) is 0.701. The monoisotopic (exact) mass is 425 g/mol. The number of pyridine rings is 1. The fraction of sp³-hybridized carbons (Fsp3) is 0.391. The van der Waals surface area contributed by atoms with Crippen molar-refractivity contribution in [1.82, 2.24) is 9.88 Å². The van der Waals surface area contributed by atoms with Crippen LogP contribution in [0.25, 0.3) is 0 Å². The van der Waals surface area contributed by atoms with Crippen LogP contribution in [0.15, 0.2) is 36.5 Å². The molecule has 2 aliphatic rings. The molecule has 1 aromatic carbocycles. The number of piperidine rings is 1. The topological polar surface area (TPSA) is 79.8 Å². The Balaban J connectivity index is 1.40. The molecule has 1 saturated heterocycles. The van der Waals surface area contributed by atoms with E-state index < -0.39 is 6.09 Å². The second-order valence-electron chi connectivity index (χ2n) is 8.34. The van der Waals surface area contributed by atoms with Crippen molar-refractivity contribution >= 4 is 23.6 Å². The van der Waals surface area contributed by atoms with E-state index in [1.165, 1.54) is 29.3 Å². The minimum absolute atomic E-state index is 0.0515. The number of anilines is 1. The minimum Gasteiger partial charge on any atom is -0.391 e. The fourth-order valence-electron chi connectivity index (χ4n) is 4.00. The summed E-state index contributed by atoms with van der Waals surface area (Å²) in [6, 6.07) is 7.56. The smallest absolute Gasteiger partial charge is 0.391 e. The van der Waals surface area contributed by atoms with Crippen LogP contribution in [0.2, 0.25) is 0 Å². The van der Waals surface area contributed by atoms with Gasteiger partial charge in [0.2, 0.25) is 17.7 Å². The summed E-state index contributed by atoms with van der Waals surface area (Å²) in [5.74, 6) is -0.388. The lowest BCUT2D eigenvalue weighted by atomic mass is 9.86. The molecule has 0 aliphatic carbocycles. The summed E-state index contributed by atoms with van der Waals surface area (Å²) in [6.07, 6.45) is 1.99. The molecule has 0 N–H and O–H groups in total. The molecule has 2 aliphatic heterocycles. The Hall–Kier alpha value is -3.29. The first-order valence-corrected chi connectivity index (χ1v) is 10.4. The summed E-state index contributed by atoms with van der Waals surface area (Å²) in [6.45, 7) is 4.76. The maximum atomic E-state index is 13.3. The molecular formula is C23H24FN3O4. The second-order valence-corrected chi connectivity index (χ2v) is 8.34. The number of hydrogen-bond acceptors (Lipinski definition) is 5. The Morgan fingerprint density at radius 1 is 1.13 bits per heavy atom. The molecule has 3 heterocycles. The van der Waals surface area contributed by atoms with Crippen molar-refractivity contribution in [3.63, 3.8) is 0 Å². The molecule has 0 saturated carbocycles. The number of aromatic nitrogens is 1. The van der Waals surface area contributed by atoms with Gasteiger partial charge in [-0.1, -0.05) is 19.9 Å². The zero-order valence-corrected chi connectivity index (χ0v) is 17.5. The van der Waals surface area contributed by atoms with Crippen LogP contribution in [0.1, 0.15) is 37.8 Å². The Morgan fingerprint density at radius 3 is 2.52 bits per heavy atom. The molecule has 0 radical (unpaired) electrons. The van der Waals surface area contributed by atoms with Gasteiger partial charge in [0, 0.05) is 32.0 Å². The molecule has 4 rings (SSSR count). The number of carbonyl (C=O) groups is 3. The van der Waals surface area contributed by atoms with Gasteiger partial charge in [0.05, 0.1) is 11.9 Å². The van der Waals surface area contributed by atoms with E-state index in [-0.39, 0.29) is 35.3 Å². The highest BCUT2D eigenvalue weighted by molar-refractivity contribution is 6.16. The molecular weight excluding hydrogens is 401 g/mol. The van der Waals surface area contributed by atoms with Crippen LogP contribution in [-0.2, 0) is 22.6 Å². The zero-order valence-electron chi connectivity index (χ0n) is 17.5. The van der Waals surface area contributed by atoms with Gasteiger partial charge in [-0.05, 0) is 47.6 Å². The normalized spacial score (nSPS) is 17.2. The Labute approximate surface area is 179 Å². The number of ether oxygens (including phenoxy) is 1. The third-order valence-electron chi connectivity index (χ3n) is 5.92. The van der Waals surface area contributed by atoms with Crippen LogP contribution in [0.4, 0.5) is 14.9 Å². The van der Waals surface area contributed by atoms with Gasteiger partial charge in [-0.25, -0.2) is 19.1 Å². The molecule has 1 fully saturated rings. The van der Waals surface area contributed by atoms with Gasteiger partial charge in [0.15, 0.2) is 0 Å². The number of hydrogen-bond donors (Lipinski definition) is 0. The van der Waals surface area contributed by atoms with Crippen LogP contribution in [-0.4, -0.2) is 34.3 Å². The number of fused-ring (bicyclic) bond motifs is 1. The molecule has 8 heteroatoms. The summed E-state index contributed by atoms with van der Waals surface area (Å²) in [5, 5.41) is 0. The van der Waals surface area contributed by atoms with Crippen molar-refractivity contribution in [2.75, 3.05) is 11.4 Å². The molecule has 3 amide bonds. The predicted molar refractivity (Wildman–Crippen MR) is 111 cm³/mol. The second kappa shape index (κ2) is 8.45. The van der Waals surface area contributed by atoms with Gasteiger partial charge in [-0.2, -0.15) is 0 Å². The van der Waals surface area contributed by atoms with Crippen LogP contribution in [0, 0.1) is 17.7 Å². The highest BCUT2D eigenvalue weighted by Gasteiger charge is 2.35. The molecule has 0 atom stereocenters. The van der Waals surface area contributed by atoms with E-state index in [0.29, 0.717) is 38.0 Å². The summed E-state index contributed by atoms with van der Waals surface area (Å²) in [4.78, 5) is 44.2. The molecule has 162 valence electrons. The van der Waals surface area contributed by atoms with Crippen molar-refractivity contribution in [1.29, 1.82) is 0 Å². The summed E-state index contributed by atoms with van der Waals surface area (Å²) in [5.41, 5.74) is 2.14. The van der Waals surface area contributed by atoms with E-state index in [2.05, 4.69) is 4.98 Å². The number of nitrogens with zero attached hydrogens (tertiary/aromatic N) is 3. The molecule has 1 aromatic heterocycles. The Kier molecular flexibility index (Phi) is 5.71. The van der Waals surface area contributed by atoms with Crippen molar-refractivity contribution in [2.45, 2.75) is 39.7 Å². The van der Waals surface area contributed by atoms with Gasteiger partial charge in [-0.15, -0.1) is 0 Å². The Bertz CT molecular complexity index is 1000. The van der Waals surface area contributed by atoms with Gasteiger partial charge >= 0.3 is 6.09 Å². The lowest BCUT2D eigenvalue weighted by Gasteiger charge is -2.31. The molecule has 7 nitrogen and oxygen atoms in total. The highest BCUT2D eigenvalue weighted by atomic mass is 19.1. The standard InChI is InChI=1S/C23H24FN3O4/c1-14(2)17-10-21(28)27(22(29)11-17)19-5-6-20(25-12-19)31-23(30)26-8-7-15-9-18(24)4-3-16(15)13-26/h3-6,9,12,14,17H,7-8,10-11,13H2,1-2H3. The summed E-state index contributed by atoms with van der Waals surface area (Å²) < 4.78 is 18.7. The number of rotatable bonds is 3. The molecule has 2 aromatic rings. The molecule has 0 unspecified atom stereocenters. The minimum atomic E-state index is -0.555. The van der Waals surface area contributed by atoms with E-state index in [9.17, 15) is 18.8 Å². The maximum Gasteiger partial charge on any atom is 0.416 e. The average molecular weight is 425 g/mol. The van der Waals surface area contributed by atoms with E-state index in [1.54, 1.807) is 12.1 Å². The Morgan fingerprint density at radius 2 is 1.87 bits per heavy atom. The van der Waals surface area contributed by atoms with Gasteiger partial charge < -0.3 is 9.64 Å². The fourth-order valence-corrected chi connectivity index (χ4v) is 4.00. The number of halogens is 1. The third kappa shape index (κ3) is 4.42. The van der Waals surface area contributed by atoms with Crippen molar-refractivity contribution in [3.05, 3.63) is 53.5 Å². The van der Waals surface area contributed by atoms with E-state index in [4.69, 9.17) is 4.74 Å². The van der Waals surface area contributed by atoms with Crippen molar-refractivity contribution in [2.24, 2.45) is 11.8 Å². The van der Waals surface area contributed by atoms with Crippen LogP contribution in [0.5, 0.6) is 5.88 Å². The molecule has 31 heavy (non-hydrogen) atoms. The van der Waals surface area contributed by atoms with Crippen LogP contribution >= 0.6 is 0 Å². The third-order valence-corrected chi connectivity index (χ3v) is 5.92. The highest BCUT2D eigenvalue weighted by Crippen LogP contribution is 2.30. The van der Waals surface area contributed by atoms with E-state index in [1.807, 2.05) is 13.8 Å². The van der Waals surface area contributed by atoms with Gasteiger partial charge in [0.25, 0.3) is 0 Å². The van der Waals surface area contributed by atoms with E-state index >= 15 is 0 Å². The summed E-state index contributed by atoms with van der Waals surface area (Å²) >= 11 is 0. The lowest BCUT2D eigenvalue weighted by Crippen LogP contribution is -2.44. The maximum absolute atomic E-state index is 13.3. The zero-order chi connectivity index (χ0) is 22.1. The van der Waals surface area contributed by atoms with Crippen molar-refractivity contribution < 1.29 is 23.5 Å². The first kappa shape index (κ1) is 21.0. The first-order valence-electron chi connectivity index (χ1n) is 10.4. The predicted octanol–water partition coefficient (Wildman–Crippen LogP) is 3.70. The van der Waals surface area contributed by atoms with Crippen LogP contribution in [0.3, 0.4) is 0 Å². The number of carbonyl (C=O) groups excluding carboxylic acids is 3. The lowest BCUT2D eigenvalue weighted by molar-refractivity contribution is -0.131. The number of imide groups is 1.